The van der Waals surface area contributed by atoms with Gasteiger partial charge in [-0.25, -0.2) is 0 Å². The molecule has 0 atom stereocenters. The third kappa shape index (κ3) is 4.82. The van der Waals surface area contributed by atoms with Gasteiger partial charge in [0.25, 0.3) is 0 Å². The van der Waals surface area contributed by atoms with Gasteiger partial charge in [-0.2, -0.15) is 0 Å². The molecule has 90 valence electrons. The van der Waals surface area contributed by atoms with Crippen molar-refractivity contribution >= 4 is 33.8 Å². The number of hydrogen-bond acceptors (Lipinski definition) is 2. The summed E-state index contributed by atoms with van der Waals surface area (Å²) in [6.07, 6.45) is 3.03. The molecule has 1 aromatic carbocycles. The summed E-state index contributed by atoms with van der Waals surface area (Å²) in [5, 5.41) is 2.37. The van der Waals surface area contributed by atoms with Crippen LogP contribution in [0.4, 0.5) is 0 Å². The molecular formula is C12H13BrN2O2. The van der Waals surface area contributed by atoms with Crippen molar-refractivity contribution in [2.75, 3.05) is 6.54 Å². The second-order valence-electron chi connectivity index (χ2n) is 3.54. The molecule has 0 radical (unpaired) electrons. The Kier molecular flexibility index (Phi) is 4.90. The van der Waals surface area contributed by atoms with E-state index in [1.54, 1.807) is 6.08 Å². The fraction of sp³-hybridized carbons (Fsp3) is 0.167. The monoisotopic (exact) mass is 296 g/mol. The molecule has 0 aliphatic rings. The van der Waals surface area contributed by atoms with E-state index in [0.29, 0.717) is 0 Å². The number of rotatable bonds is 4. The van der Waals surface area contributed by atoms with Crippen LogP contribution in [-0.2, 0) is 9.59 Å². The van der Waals surface area contributed by atoms with Gasteiger partial charge in [-0.3, -0.25) is 9.59 Å². The third-order valence-electron chi connectivity index (χ3n) is 2.01. The van der Waals surface area contributed by atoms with Crippen molar-refractivity contribution in [3.63, 3.8) is 0 Å². The summed E-state index contributed by atoms with van der Waals surface area (Å²) in [5.74, 6) is -0.917. The predicted octanol–water partition coefficient (Wildman–Crippen LogP) is 1.37. The number of carbonyl (C=O) groups excluding carboxylic acids is 2. The Hall–Kier alpha value is -1.62. The molecule has 1 aromatic rings. The normalized spacial score (nSPS) is 10.5. The number of benzene rings is 1. The lowest BCUT2D eigenvalue weighted by atomic mass is 10.1. The van der Waals surface area contributed by atoms with Crippen molar-refractivity contribution in [3.8, 4) is 0 Å². The molecule has 0 aromatic heterocycles. The van der Waals surface area contributed by atoms with Gasteiger partial charge in [-0.1, -0.05) is 28.1 Å². The molecule has 17 heavy (non-hydrogen) atoms. The number of nitrogens with one attached hydrogen (secondary N) is 1. The number of nitrogens with two attached hydrogens (primary N) is 1. The molecule has 3 N–H and O–H groups in total. The maximum absolute atomic E-state index is 11.3. The minimum absolute atomic E-state index is 0.155. The third-order valence-corrected chi connectivity index (χ3v) is 2.69. The van der Waals surface area contributed by atoms with Gasteiger partial charge < -0.3 is 11.1 Å². The Bertz CT molecular complexity index is 470. The summed E-state index contributed by atoms with van der Waals surface area (Å²) < 4.78 is 0.913. The zero-order valence-electron chi connectivity index (χ0n) is 9.37. The molecule has 0 heterocycles. The molecule has 0 saturated carbocycles. The number of halogens is 1. The standard InChI is InChI=1S/C12H13BrN2O2/c1-8-2-3-9(10(13)6-8)4-5-12(17)15-7-11(14)16/h2-6H,7H2,1H3,(H2,14,16)(H,15,17). The number of carbonyl (C=O) groups is 2. The summed E-state index contributed by atoms with van der Waals surface area (Å²) >= 11 is 3.40. The minimum Gasteiger partial charge on any atom is -0.368 e. The lowest BCUT2D eigenvalue weighted by Gasteiger charge is -2.00. The van der Waals surface area contributed by atoms with Gasteiger partial charge in [0.15, 0.2) is 0 Å². The Balaban J connectivity index is 2.64. The molecule has 0 bridgehead atoms. The molecule has 0 saturated heterocycles. The van der Waals surface area contributed by atoms with E-state index < -0.39 is 5.91 Å². The number of aryl methyl sites for hydroxylation is 1. The van der Waals surface area contributed by atoms with Gasteiger partial charge in [0.2, 0.25) is 11.8 Å². The average molecular weight is 297 g/mol. The van der Waals surface area contributed by atoms with Gasteiger partial charge in [-0.15, -0.1) is 0 Å². The molecular weight excluding hydrogens is 284 g/mol. The predicted molar refractivity (Wildman–Crippen MR) is 70.1 cm³/mol. The molecule has 0 aliphatic carbocycles. The summed E-state index contributed by atoms with van der Waals surface area (Å²) in [5.41, 5.74) is 6.93. The van der Waals surface area contributed by atoms with Crippen LogP contribution in [0.2, 0.25) is 0 Å². The fourth-order valence-corrected chi connectivity index (χ4v) is 1.79. The average Bonchev–Trinajstić information content (AvgIpc) is 2.25. The van der Waals surface area contributed by atoms with Crippen LogP contribution >= 0.6 is 15.9 Å². The number of primary amides is 1. The molecule has 5 heteroatoms. The lowest BCUT2D eigenvalue weighted by Crippen LogP contribution is -2.32. The van der Waals surface area contributed by atoms with Gasteiger partial charge in [-0.05, 0) is 30.2 Å². The van der Waals surface area contributed by atoms with E-state index in [-0.39, 0.29) is 12.5 Å². The van der Waals surface area contributed by atoms with Crippen LogP contribution in [0, 0.1) is 6.92 Å². The summed E-state index contributed by atoms with van der Waals surface area (Å²) in [7, 11) is 0. The largest absolute Gasteiger partial charge is 0.368 e. The lowest BCUT2D eigenvalue weighted by molar-refractivity contribution is -0.122. The molecule has 0 fully saturated rings. The quantitative estimate of drug-likeness (QED) is 0.824. The van der Waals surface area contributed by atoms with Gasteiger partial charge in [0.1, 0.15) is 0 Å². The Morgan fingerprint density at radius 3 is 2.76 bits per heavy atom. The van der Waals surface area contributed by atoms with E-state index in [4.69, 9.17) is 5.73 Å². The molecule has 0 spiro atoms. The maximum Gasteiger partial charge on any atom is 0.244 e. The van der Waals surface area contributed by atoms with Crippen LogP contribution in [0.1, 0.15) is 11.1 Å². The van der Waals surface area contributed by atoms with E-state index in [1.165, 1.54) is 6.08 Å². The SMILES string of the molecule is Cc1ccc(C=CC(=O)NCC(N)=O)c(Br)c1. The van der Waals surface area contributed by atoms with Gasteiger partial charge >= 0.3 is 0 Å². The van der Waals surface area contributed by atoms with Crippen molar-refractivity contribution in [3.05, 3.63) is 39.9 Å². The smallest absolute Gasteiger partial charge is 0.244 e. The fourth-order valence-electron chi connectivity index (χ4n) is 1.17. The number of amides is 2. The minimum atomic E-state index is -0.566. The summed E-state index contributed by atoms with van der Waals surface area (Å²) in [4.78, 5) is 21.7. The molecule has 1 rings (SSSR count). The highest BCUT2D eigenvalue weighted by molar-refractivity contribution is 9.10. The van der Waals surface area contributed by atoms with Gasteiger partial charge in [0, 0.05) is 10.5 Å². The first-order valence-corrected chi connectivity index (χ1v) is 5.78. The first kappa shape index (κ1) is 13.4. The van der Waals surface area contributed by atoms with E-state index >= 15 is 0 Å². The van der Waals surface area contributed by atoms with Crippen molar-refractivity contribution in [1.29, 1.82) is 0 Å². The van der Waals surface area contributed by atoms with Gasteiger partial charge in [0.05, 0.1) is 6.54 Å². The Labute approximate surface area is 108 Å². The topological polar surface area (TPSA) is 72.2 Å². The van der Waals surface area contributed by atoms with Crippen molar-refractivity contribution in [2.45, 2.75) is 6.92 Å². The Morgan fingerprint density at radius 1 is 1.47 bits per heavy atom. The molecule has 0 aliphatic heterocycles. The second-order valence-corrected chi connectivity index (χ2v) is 4.40. The van der Waals surface area contributed by atoms with Crippen LogP contribution < -0.4 is 11.1 Å². The first-order chi connectivity index (χ1) is 7.99. The van der Waals surface area contributed by atoms with E-state index in [0.717, 1.165) is 15.6 Å². The highest BCUT2D eigenvalue weighted by Crippen LogP contribution is 2.19. The van der Waals surface area contributed by atoms with Crippen LogP contribution in [-0.4, -0.2) is 18.4 Å². The highest BCUT2D eigenvalue weighted by Gasteiger charge is 1.99. The van der Waals surface area contributed by atoms with Crippen LogP contribution in [0.3, 0.4) is 0 Å². The maximum atomic E-state index is 11.3. The van der Waals surface area contributed by atoms with Crippen molar-refractivity contribution in [2.24, 2.45) is 5.73 Å². The molecule has 4 nitrogen and oxygen atoms in total. The van der Waals surface area contributed by atoms with Crippen LogP contribution in [0.5, 0.6) is 0 Å². The van der Waals surface area contributed by atoms with Crippen LogP contribution in [0.15, 0.2) is 28.7 Å². The molecule has 2 amide bonds. The second kappa shape index (κ2) is 6.20. The zero-order chi connectivity index (χ0) is 12.8. The van der Waals surface area contributed by atoms with E-state index in [9.17, 15) is 9.59 Å². The number of hydrogen-bond donors (Lipinski definition) is 2. The van der Waals surface area contributed by atoms with Crippen molar-refractivity contribution < 1.29 is 9.59 Å². The summed E-state index contributed by atoms with van der Waals surface area (Å²) in [6, 6.07) is 5.81. The van der Waals surface area contributed by atoms with Crippen molar-refractivity contribution in [1.82, 2.24) is 5.32 Å². The van der Waals surface area contributed by atoms with E-state index in [2.05, 4.69) is 21.2 Å². The highest BCUT2D eigenvalue weighted by atomic mass is 79.9. The Morgan fingerprint density at radius 2 is 2.18 bits per heavy atom. The zero-order valence-corrected chi connectivity index (χ0v) is 11.0. The first-order valence-electron chi connectivity index (χ1n) is 4.99. The summed E-state index contributed by atoms with van der Waals surface area (Å²) in [6.45, 7) is 1.83. The molecule has 0 unspecified atom stereocenters. The van der Waals surface area contributed by atoms with Crippen LogP contribution in [0.25, 0.3) is 6.08 Å². The van der Waals surface area contributed by atoms with E-state index in [1.807, 2.05) is 25.1 Å².